The summed E-state index contributed by atoms with van der Waals surface area (Å²) >= 11 is 0. The topological polar surface area (TPSA) is 55.8 Å². The van der Waals surface area contributed by atoms with Crippen molar-refractivity contribution in [3.8, 4) is 5.75 Å². The van der Waals surface area contributed by atoms with Crippen LogP contribution in [0.5, 0.6) is 5.75 Å². The Morgan fingerprint density at radius 2 is 1.66 bits per heavy atom. The number of aliphatic hydroxyl groups is 1. The van der Waals surface area contributed by atoms with Crippen LogP contribution in [0.25, 0.3) is 0 Å². The highest BCUT2D eigenvalue weighted by molar-refractivity contribution is 7.17. The molecule has 29 heavy (non-hydrogen) atoms. The maximum atomic E-state index is 9.49. The van der Waals surface area contributed by atoms with Gasteiger partial charge in [0.2, 0.25) is 0 Å². The van der Waals surface area contributed by atoms with E-state index >= 15 is 0 Å². The normalized spacial score (nSPS) is 10.7. The zero-order chi connectivity index (χ0) is 21.9. The van der Waals surface area contributed by atoms with Crippen molar-refractivity contribution in [1.29, 1.82) is 0 Å². The van der Waals surface area contributed by atoms with Gasteiger partial charge in [0.1, 0.15) is 5.75 Å². The largest absolute Gasteiger partial charge is 0.494 e. The standard InChI is InChI=1S/C11H17OP.C8H10O.C5H10O2/c1-3-11(13)9-5-7-10(8-6-9)12-4-2;9-7-6-8-4-2-1-3-5-8;1-5(2)3-7-4-6/h5-8,11H,3-4,13H2,1-2H3;1-5,9H,6-7H2;4-5H,3H2,1-2H3. The Morgan fingerprint density at radius 3 is 2.07 bits per heavy atom. The molecular weight excluding hydrogens is 383 g/mol. The van der Waals surface area contributed by atoms with Crippen LogP contribution in [0.15, 0.2) is 54.6 Å². The molecule has 1 N–H and O–H groups in total. The molecule has 2 unspecified atom stereocenters. The third-order valence-electron chi connectivity index (χ3n) is 3.80. The van der Waals surface area contributed by atoms with E-state index < -0.39 is 0 Å². The summed E-state index contributed by atoms with van der Waals surface area (Å²) in [7, 11) is 2.85. The smallest absolute Gasteiger partial charge is 0.293 e. The first-order valence-electron chi connectivity index (χ1n) is 10.2. The summed E-state index contributed by atoms with van der Waals surface area (Å²) in [6, 6.07) is 18.3. The molecule has 0 heterocycles. The van der Waals surface area contributed by atoms with Crippen molar-refractivity contribution < 1.29 is 19.4 Å². The number of ether oxygens (including phenoxy) is 2. The fraction of sp³-hybridized carbons (Fsp3) is 0.458. The summed E-state index contributed by atoms with van der Waals surface area (Å²) in [5, 5.41) is 8.52. The second kappa shape index (κ2) is 18.1. The third-order valence-corrected chi connectivity index (χ3v) is 4.66. The molecule has 0 spiro atoms. The average Bonchev–Trinajstić information content (AvgIpc) is 2.74. The predicted molar refractivity (Wildman–Crippen MR) is 124 cm³/mol. The summed E-state index contributed by atoms with van der Waals surface area (Å²) in [6.45, 7) is 10.1. The third kappa shape index (κ3) is 14.7. The van der Waals surface area contributed by atoms with Crippen LogP contribution in [0.1, 0.15) is 50.9 Å². The summed E-state index contributed by atoms with van der Waals surface area (Å²) < 4.78 is 9.78. The lowest BCUT2D eigenvalue weighted by Crippen LogP contribution is -1.98. The van der Waals surface area contributed by atoms with Gasteiger partial charge in [-0.05, 0) is 54.6 Å². The summed E-state index contributed by atoms with van der Waals surface area (Å²) in [4.78, 5) is 9.49. The summed E-state index contributed by atoms with van der Waals surface area (Å²) in [5.41, 5.74) is 3.12. The van der Waals surface area contributed by atoms with Crippen molar-refractivity contribution in [3.05, 3.63) is 65.7 Å². The van der Waals surface area contributed by atoms with Gasteiger partial charge in [0.25, 0.3) is 6.47 Å². The van der Waals surface area contributed by atoms with Crippen LogP contribution in [-0.2, 0) is 16.0 Å². The molecule has 0 bridgehead atoms. The molecule has 5 heteroatoms. The highest BCUT2D eigenvalue weighted by Crippen LogP contribution is 2.27. The minimum atomic E-state index is 0.240. The van der Waals surface area contributed by atoms with Crippen LogP contribution in [0.2, 0.25) is 0 Å². The molecule has 0 aliphatic heterocycles. The highest BCUT2D eigenvalue weighted by atomic mass is 31.0. The summed E-state index contributed by atoms with van der Waals surface area (Å²) in [6.07, 6.45) is 1.92. The van der Waals surface area contributed by atoms with Gasteiger partial charge in [0, 0.05) is 6.61 Å². The Balaban J connectivity index is 0.000000430. The SMILES string of the molecule is CC(C)COC=O.CCOc1ccc(C(P)CC)cc1.OCCc1ccccc1. The molecule has 2 aromatic rings. The lowest BCUT2D eigenvalue weighted by Gasteiger charge is -2.09. The Morgan fingerprint density at radius 1 is 1.03 bits per heavy atom. The van der Waals surface area contributed by atoms with E-state index in [4.69, 9.17) is 9.84 Å². The second-order valence-electron chi connectivity index (χ2n) is 6.80. The molecule has 0 amide bonds. The number of hydrogen-bond donors (Lipinski definition) is 1. The monoisotopic (exact) mass is 420 g/mol. The van der Waals surface area contributed by atoms with Gasteiger partial charge in [-0.3, -0.25) is 4.79 Å². The van der Waals surface area contributed by atoms with Crippen LogP contribution in [-0.4, -0.2) is 31.4 Å². The maximum absolute atomic E-state index is 9.49. The van der Waals surface area contributed by atoms with E-state index in [2.05, 4.69) is 33.0 Å². The molecule has 0 saturated heterocycles. The maximum Gasteiger partial charge on any atom is 0.293 e. The Kier molecular flexibility index (Phi) is 17.0. The van der Waals surface area contributed by atoms with Gasteiger partial charge in [-0.1, -0.05) is 63.2 Å². The number of benzene rings is 2. The molecular formula is C24H37O4P. The number of carbonyl (C=O) groups is 1. The first kappa shape index (κ1) is 27.1. The van der Waals surface area contributed by atoms with Crippen molar-refractivity contribution in [2.45, 2.75) is 46.2 Å². The minimum Gasteiger partial charge on any atom is -0.494 e. The van der Waals surface area contributed by atoms with Crippen molar-refractivity contribution in [3.63, 3.8) is 0 Å². The van der Waals surface area contributed by atoms with Crippen molar-refractivity contribution in [2.24, 2.45) is 5.92 Å². The van der Waals surface area contributed by atoms with Crippen LogP contribution in [0, 0.1) is 5.92 Å². The van der Waals surface area contributed by atoms with Crippen LogP contribution < -0.4 is 4.74 Å². The minimum absolute atomic E-state index is 0.240. The number of aliphatic hydroxyl groups excluding tert-OH is 1. The molecule has 4 nitrogen and oxygen atoms in total. The first-order valence-corrected chi connectivity index (χ1v) is 10.8. The van der Waals surface area contributed by atoms with Gasteiger partial charge < -0.3 is 14.6 Å². The fourth-order valence-corrected chi connectivity index (χ4v) is 2.44. The van der Waals surface area contributed by atoms with E-state index in [1.54, 1.807) is 0 Å². The lowest BCUT2D eigenvalue weighted by molar-refractivity contribution is -0.129. The quantitative estimate of drug-likeness (QED) is 0.433. The molecule has 2 rings (SSSR count). The molecule has 0 aliphatic carbocycles. The van der Waals surface area contributed by atoms with Crippen LogP contribution >= 0.6 is 9.24 Å². The molecule has 0 aliphatic rings. The Labute approximate surface area is 178 Å². The fourth-order valence-electron chi connectivity index (χ4n) is 2.22. The number of rotatable bonds is 9. The van der Waals surface area contributed by atoms with Crippen molar-refractivity contribution in [2.75, 3.05) is 19.8 Å². The molecule has 162 valence electrons. The average molecular weight is 421 g/mol. The molecule has 2 atom stereocenters. The zero-order valence-corrected chi connectivity index (χ0v) is 19.4. The lowest BCUT2D eigenvalue weighted by atomic mass is 10.1. The van der Waals surface area contributed by atoms with Gasteiger partial charge in [-0.15, -0.1) is 9.24 Å². The van der Waals surface area contributed by atoms with Gasteiger partial charge in [-0.25, -0.2) is 0 Å². The van der Waals surface area contributed by atoms with Gasteiger partial charge in [0.05, 0.1) is 13.2 Å². The summed E-state index contributed by atoms with van der Waals surface area (Å²) in [5.74, 6) is 1.41. The van der Waals surface area contributed by atoms with Crippen molar-refractivity contribution >= 4 is 15.7 Å². The van der Waals surface area contributed by atoms with E-state index in [9.17, 15) is 4.79 Å². The molecule has 0 aromatic heterocycles. The van der Waals surface area contributed by atoms with E-state index in [1.807, 2.05) is 63.2 Å². The van der Waals surface area contributed by atoms with Gasteiger partial charge in [-0.2, -0.15) is 0 Å². The van der Waals surface area contributed by atoms with Crippen molar-refractivity contribution in [1.82, 2.24) is 0 Å². The van der Waals surface area contributed by atoms with Gasteiger partial charge >= 0.3 is 0 Å². The zero-order valence-electron chi connectivity index (χ0n) is 18.2. The van der Waals surface area contributed by atoms with Gasteiger partial charge in [0.15, 0.2) is 0 Å². The second-order valence-corrected chi connectivity index (χ2v) is 7.60. The number of carbonyl (C=O) groups excluding carboxylic acids is 1. The van der Waals surface area contributed by atoms with Crippen LogP contribution in [0.4, 0.5) is 0 Å². The Hall–Kier alpha value is -1.90. The Bertz CT molecular complexity index is 615. The van der Waals surface area contributed by atoms with E-state index in [-0.39, 0.29) is 6.61 Å². The first-order chi connectivity index (χ1) is 14.0. The predicted octanol–water partition coefficient (Wildman–Crippen LogP) is 5.45. The molecule has 0 saturated carbocycles. The van der Waals surface area contributed by atoms with E-state index in [0.29, 0.717) is 24.7 Å². The van der Waals surface area contributed by atoms with Crippen LogP contribution in [0.3, 0.4) is 0 Å². The molecule has 0 fully saturated rings. The van der Waals surface area contributed by atoms with E-state index in [0.717, 1.165) is 25.2 Å². The van der Waals surface area contributed by atoms with E-state index in [1.165, 1.54) is 11.1 Å². The number of hydrogen-bond acceptors (Lipinski definition) is 4. The molecule has 0 radical (unpaired) electrons. The highest BCUT2D eigenvalue weighted by Gasteiger charge is 2.02. The molecule has 2 aromatic carbocycles.